The highest BCUT2D eigenvalue weighted by Crippen LogP contribution is 2.31. The van der Waals surface area contributed by atoms with Crippen molar-refractivity contribution >= 4 is 17.7 Å². The minimum absolute atomic E-state index is 0.0432. The summed E-state index contributed by atoms with van der Waals surface area (Å²) in [5.41, 5.74) is 1.81. The highest BCUT2D eigenvalue weighted by atomic mass is 32.2. The van der Waals surface area contributed by atoms with Gasteiger partial charge in [0.1, 0.15) is 5.75 Å². The molecule has 2 aromatic heterocycles. The van der Waals surface area contributed by atoms with Crippen LogP contribution in [-0.2, 0) is 4.79 Å². The van der Waals surface area contributed by atoms with Crippen molar-refractivity contribution in [3.63, 3.8) is 0 Å². The van der Waals surface area contributed by atoms with Crippen LogP contribution in [0.25, 0.3) is 17.1 Å². The van der Waals surface area contributed by atoms with Crippen LogP contribution in [0.15, 0.2) is 53.9 Å². The first kappa shape index (κ1) is 20.4. The van der Waals surface area contributed by atoms with Gasteiger partial charge in [0.25, 0.3) is 0 Å². The fraction of sp³-hybridized carbons (Fsp3) is 0.364. The quantitative estimate of drug-likeness (QED) is 0.581. The molecule has 0 aliphatic heterocycles. The van der Waals surface area contributed by atoms with Crippen LogP contribution in [-0.4, -0.2) is 44.1 Å². The Morgan fingerprint density at radius 1 is 1.13 bits per heavy atom. The van der Waals surface area contributed by atoms with Gasteiger partial charge in [-0.15, -0.1) is 10.2 Å². The Kier molecular flexibility index (Phi) is 6.32. The summed E-state index contributed by atoms with van der Waals surface area (Å²) in [6.45, 7) is 1.91. The van der Waals surface area contributed by atoms with E-state index in [-0.39, 0.29) is 11.2 Å². The largest absolute Gasteiger partial charge is 0.497 e. The number of rotatable bonds is 7. The second kappa shape index (κ2) is 9.30. The summed E-state index contributed by atoms with van der Waals surface area (Å²) in [6.07, 6.45) is 7.97. The Bertz CT molecular complexity index is 985. The minimum atomic E-state index is -0.280. The first-order valence-electron chi connectivity index (χ1n) is 10.1. The molecular weight excluding hydrogens is 398 g/mol. The van der Waals surface area contributed by atoms with E-state index in [0.717, 1.165) is 29.8 Å². The second-order valence-electron chi connectivity index (χ2n) is 7.33. The maximum Gasteiger partial charge on any atom is 0.233 e. The Morgan fingerprint density at radius 3 is 2.50 bits per heavy atom. The van der Waals surface area contributed by atoms with E-state index in [2.05, 4.69) is 20.5 Å². The monoisotopic (exact) mass is 423 g/mol. The number of nitrogens with zero attached hydrogens (tertiary/aromatic N) is 4. The molecule has 4 rings (SSSR count). The van der Waals surface area contributed by atoms with Gasteiger partial charge in [-0.2, -0.15) is 0 Å². The highest BCUT2D eigenvalue weighted by Gasteiger charge is 2.24. The van der Waals surface area contributed by atoms with Crippen molar-refractivity contribution < 1.29 is 9.53 Å². The molecule has 1 aliphatic rings. The summed E-state index contributed by atoms with van der Waals surface area (Å²) in [5.74, 6) is 1.52. The highest BCUT2D eigenvalue weighted by molar-refractivity contribution is 8.00. The molecule has 3 aromatic rings. The van der Waals surface area contributed by atoms with Crippen molar-refractivity contribution in [2.45, 2.75) is 49.1 Å². The third-order valence-corrected chi connectivity index (χ3v) is 6.30. The zero-order chi connectivity index (χ0) is 20.9. The number of hydrogen-bond donors (Lipinski definition) is 1. The third-order valence-electron chi connectivity index (χ3n) is 5.26. The van der Waals surface area contributed by atoms with Crippen LogP contribution in [0, 0.1) is 0 Å². The van der Waals surface area contributed by atoms with Crippen molar-refractivity contribution in [3.05, 3.63) is 48.8 Å². The molecule has 0 radical (unpaired) electrons. The molecule has 1 N–H and O–H groups in total. The molecule has 7 nitrogen and oxygen atoms in total. The molecule has 0 bridgehead atoms. The van der Waals surface area contributed by atoms with Crippen molar-refractivity contribution in [2.75, 3.05) is 7.11 Å². The summed E-state index contributed by atoms with van der Waals surface area (Å²) in [6, 6.07) is 11.8. The molecule has 1 aliphatic carbocycles. The summed E-state index contributed by atoms with van der Waals surface area (Å²) in [4.78, 5) is 16.8. The molecule has 2 heterocycles. The number of ether oxygens (including phenoxy) is 1. The number of methoxy groups -OCH3 is 1. The summed E-state index contributed by atoms with van der Waals surface area (Å²) >= 11 is 1.41. The lowest BCUT2D eigenvalue weighted by atomic mass is 10.2. The van der Waals surface area contributed by atoms with Gasteiger partial charge in [0.15, 0.2) is 11.0 Å². The summed E-state index contributed by atoms with van der Waals surface area (Å²) in [7, 11) is 1.64. The van der Waals surface area contributed by atoms with Crippen LogP contribution in [0.5, 0.6) is 5.75 Å². The van der Waals surface area contributed by atoms with Crippen molar-refractivity contribution in [3.8, 4) is 22.8 Å². The van der Waals surface area contributed by atoms with Gasteiger partial charge in [0, 0.05) is 29.7 Å². The molecular formula is C22H25N5O2S. The molecule has 0 spiro atoms. The normalized spacial score (nSPS) is 15.1. The van der Waals surface area contributed by atoms with E-state index in [1.165, 1.54) is 24.6 Å². The average Bonchev–Trinajstić information content (AvgIpc) is 3.44. The van der Waals surface area contributed by atoms with E-state index in [1.807, 2.05) is 47.9 Å². The third kappa shape index (κ3) is 4.48. The molecule has 0 unspecified atom stereocenters. The fourth-order valence-electron chi connectivity index (χ4n) is 3.60. The lowest BCUT2D eigenvalue weighted by Gasteiger charge is -2.17. The van der Waals surface area contributed by atoms with Crippen LogP contribution < -0.4 is 10.1 Å². The molecule has 8 heteroatoms. The number of aromatic nitrogens is 4. The molecule has 1 saturated carbocycles. The van der Waals surface area contributed by atoms with Gasteiger partial charge in [-0.25, -0.2) is 0 Å². The van der Waals surface area contributed by atoms with Crippen LogP contribution in [0.2, 0.25) is 0 Å². The van der Waals surface area contributed by atoms with Crippen LogP contribution in [0.4, 0.5) is 0 Å². The first-order valence-corrected chi connectivity index (χ1v) is 11.0. The summed E-state index contributed by atoms with van der Waals surface area (Å²) < 4.78 is 7.26. The predicted molar refractivity (Wildman–Crippen MR) is 117 cm³/mol. The summed E-state index contributed by atoms with van der Waals surface area (Å²) in [5, 5.41) is 12.4. The number of amides is 1. The van der Waals surface area contributed by atoms with Crippen molar-refractivity contribution in [1.82, 2.24) is 25.1 Å². The number of hydrogen-bond acceptors (Lipinski definition) is 6. The van der Waals surface area contributed by atoms with Crippen molar-refractivity contribution in [2.24, 2.45) is 0 Å². The maximum absolute atomic E-state index is 12.7. The van der Waals surface area contributed by atoms with Gasteiger partial charge < -0.3 is 10.1 Å². The first-order chi connectivity index (χ1) is 14.7. The Hall–Kier alpha value is -2.87. The molecule has 1 atom stereocenters. The number of carbonyl (C=O) groups is 1. The van der Waals surface area contributed by atoms with Crippen LogP contribution >= 0.6 is 11.8 Å². The number of thioether (sulfide) groups is 1. The number of pyridine rings is 1. The fourth-order valence-corrected chi connectivity index (χ4v) is 4.48. The van der Waals surface area contributed by atoms with Gasteiger partial charge in [-0.05, 0) is 56.2 Å². The molecule has 0 saturated heterocycles. The Morgan fingerprint density at radius 2 is 1.83 bits per heavy atom. The maximum atomic E-state index is 12.7. The Labute approximate surface area is 180 Å². The molecule has 30 heavy (non-hydrogen) atoms. The Balaban J connectivity index is 1.63. The van der Waals surface area contributed by atoms with Gasteiger partial charge in [-0.3, -0.25) is 14.3 Å². The van der Waals surface area contributed by atoms with Gasteiger partial charge in [0.2, 0.25) is 5.91 Å². The van der Waals surface area contributed by atoms with E-state index in [9.17, 15) is 4.79 Å². The van der Waals surface area contributed by atoms with E-state index in [0.29, 0.717) is 17.0 Å². The molecule has 156 valence electrons. The topological polar surface area (TPSA) is 81.9 Å². The molecule has 1 fully saturated rings. The average molecular weight is 424 g/mol. The lowest BCUT2D eigenvalue weighted by molar-refractivity contribution is -0.120. The van der Waals surface area contributed by atoms with Crippen molar-refractivity contribution in [1.29, 1.82) is 0 Å². The molecule has 1 amide bonds. The smallest absolute Gasteiger partial charge is 0.233 e. The zero-order valence-electron chi connectivity index (χ0n) is 17.1. The number of nitrogens with one attached hydrogen (secondary N) is 1. The van der Waals surface area contributed by atoms with Gasteiger partial charge >= 0.3 is 0 Å². The van der Waals surface area contributed by atoms with E-state index in [1.54, 1.807) is 19.5 Å². The van der Waals surface area contributed by atoms with E-state index in [4.69, 9.17) is 4.74 Å². The zero-order valence-corrected chi connectivity index (χ0v) is 17.9. The standard InChI is InChI=1S/C22H25N5O2S/c1-15(21(28)24-17-5-3-4-6-17)30-22-26-25-20(16-11-13-23-14-12-16)27(22)18-7-9-19(29-2)10-8-18/h7-15,17H,3-6H2,1-2H3,(H,24,28)/t15-/m0/s1. The van der Waals surface area contributed by atoms with Crippen LogP contribution in [0.1, 0.15) is 32.6 Å². The van der Waals surface area contributed by atoms with Crippen LogP contribution in [0.3, 0.4) is 0 Å². The predicted octanol–water partition coefficient (Wildman–Crippen LogP) is 3.88. The molecule has 1 aromatic carbocycles. The lowest BCUT2D eigenvalue weighted by Crippen LogP contribution is -2.37. The number of benzene rings is 1. The second-order valence-corrected chi connectivity index (χ2v) is 8.63. The van der Waals surface area contributed by atoms with E-state index < -0.39 is 0 Å². The van der Waals surface area contributed by atoms with Gasteiger partial charge in [0.05, 0.1) is 12.4 Å². The number of carbonyl (C=O) groups excluding carboxylic acids is 1. The van der Waals surface area contributed by atoms with E-state index >= 15 is 0 Å². The minimum Gasteiger partial charge on any atom is -0.497 e. The SMILES string of the molecule is COc1ccc(-n2c(S[C@@H](C)C(=O)NC3CCCC3)nnc2-c2ccncc2)cc1. The van der Waals surface area contributed by atoms with Gasteiger partial charge in [-0.1, -0.05) is 24.6 Å².